The molecule has 0 unspecified atom stereocenters. The quantitative estimate of drug-likeness (QED) is 0.473. The van der Waals surface area contributed by atoms with Crippen LogP contribution in [-0.2, 0) is 4.79 Å². The fourth-order valence-corrected chi connectivity index (χ4v) is 2.45. The Bertz CT molecular complexity index is 969. The van der Waals surface area contributed by atoms with Gasteiger partial charge in [0.15, 0.2) is 11.4 Å². The number of aliphatic hydroxyl groups excluding tert-OH is 1. The summed E-state index contributed by atoms with van der Waals surface area (Å²) < 4.78 is 16.3. The first-order chi connectivity index (χ1) is 12.5. The molecular formula is C18H18BrFN4O2. The molecule has 8 heteroatoms. The van der Waals surface area contributed by atoms with Gasteiger partial charge in [0.05, 0.1) is 0 Å². The van der Waals surface area contributed by atoms with E-state index in [1.807, 2.05) is 19.9 Å². The second-order valence-corrected chi connectivity index (χ2v) is 5.85. The lowest BCUT2D eigenvalue weighted by Crippen LogP contribution is -2.14. The Morgan fingerprint density at radius 2 is 2.08 bits per heavy atom. The van der Waals surface area contributed by atoms with Crippen molar-refractivity contribution in [1.82, 2.24) is 14.8 Å². The molecule has 6 nitrogen and oxygen atoms in total. The average Bonchev–Trinajstić information content (AvgIpc) is 3.07. The Balaban J connectivity index is 0.00000117. The maximum atomic E-state index is 14.2. The SMILES string of the molecule is C/C=C(\O)C(=O)Nc1ccc(F)c(-n2cc3cc(Br)cnc3n2)c1.CC. The highest BCUT2D eigenvalue weighted by Gasteiger charge is 2.12. The summed E-state index contributed by atoms with van der Waals surface area (Å²) in [5.41, 5.74) is 0.957. The number of aromatic nitrogens is 3. The van der Waals surface area contributed by atoms with Crippen LogP contribution in [0.5, 0.6) is 0 Å². The summed E-state index contributed by atoms with van der Waals surface area (Å²) in [4.78, 5) is 15.8. The first kappa shape index (κ1) is 19.6. The van der Waals surface area contributed by atoms with Crippen LogP contribution in [0.25, 0.3) is 16.7 Å². The highest BCUT2D eigenvalue weighted by Crippen LogP contribution is 2.22. The van der Waals surface area contributed by atoms with E-state index in [0.717, 1.165) is 9.86 Å². The van der Waals surface area contributed by atoms with Crippen LogP contribution >= 0.6 is 15.9 Å². The van der Waals surface area contributed by atoms with Crippen LogP contribution in [0.3, 0.4) is 0 Å². The minimum Gasteiger partial charge on any atom is -0.503 e. The summed E-state index contributed by atoms with van der Waals surface area (Å²) in [5, 5.41) is 16.8. The highest BCUT2D eigenvalue weighted by molar-refractivity contribution is 9.10. The number of anilines is 1. The van der Waals surface area contributed by atoms with Crippen LogP contribution in [0.2, 0.25) is 0 Å². The number of benzene rings is 1. The molecule has 3 aromatic rings. The van der Waals surface area contributed by atoms with Crippen LogP contribution < -0.4 is 5.32 Å². The maximum absolute atomic E-state index is 14.2. The number of allylic oxidation sites excluding steroid dienone is 1. The second kappa shape index (κ2) is 8.57. The number of aliphatic hydroxyl groups is 1. The molecule has 0 aliphatic carbocycles. The molecule has 0 spiro atoms. The van der Waals surface area contributed by atoms with Gasteiger partial charge in [-0.25, -0.2) is 14.1 Å². The van der Waals surface area contributed by atoms with Crippen LogP contribution in [0, 0.1) is 5.82 Å². The number of hydrogen-bond donors (Lipinski definition) is 2. The van der Waals surface area contributed by atoms with Crippen LogP contribution in [0.15, 0.2) is 53.0 Å². The van der Waals surface area contributed by atoms with Gasteiger partial charge in [0.25, 0.3) is 5.91 Å². The normalized spacial score (nSPS) is 11.0. The summed E-state index contributed by atoms with van der Waals surface area (Å²) >= 11 is 3.32. The molecule has 26 heavy (non-hydrogen) atoms. The number of amides is 1. The Hall–Kier alpha value is -2.74. The van der Waals surface area contributed by atoms with Crippen molar-refractivity contribution in [3.63, 3.8) is 0 Å². The van der Waals surface area contributed by atoms with Crippen molar-refractivity contribution >= 4 is 38.6 Å². The van der Waals surface area contributed by atoms with Gasteiger partial charge in [-0.3, -0.25) is 4.79 Å². The lowest BCUT2D eigenvalue weighted by Gasteiger charge is -2.08. The summed E-state index contributed by atoms with van der Waals surface area (Å²) in [6.07, 6.45) is 4.51. The third kappa shape index (κ3) is 4.26. The minimum atomic E-state index is -0.675. The zero-order chi connectivity index (χ0) is 19.3. The van der Waals surface area contributed by atoms with E-state index in [1.54, 1.807) is 12.4 Å². The van der Waals surface area contributed by atoms with Crippen molar-refractivity contribution in [2.45, 2.75) is 20.8 Å². The minimum absolute atomic E-state index is 0.155. The van der Waals surface area contributed by atoms with Gasteiger partial charge in [0.2, 0.25) is 0 Å². The fraction of sp³-hybridized carbons (Fsp3) is 0.167. The molecule has 0 bridgehead atoms. The summed E-state index contributed by atoms with van der Waals surface area (Å²) in [6.45, 7) is 5.53. The maximum Gasteiger partial charge on any atom is 0.290 e. The van der Waals surface area contributed by atoms with Crippen molar-refractivity contribution in [2.75, 3.05) is 5.32 Å². The van der Waals surface area contributed by atoms with Crippen LogP contribution in [-0.4, -0.2) is 25.8 Å². The fourth-order valence-electron chi connectivity index (χ4n) is 2.10. The number of nitrogens with zero attached hydrogens (tertiary/aromatic N) is 3. The van der Waals surface area contributed by atoms with Crippen molar-refractivity contribution < 1.29 is 14.3 Å². The Kier molecular flexibility index (Phi) is 6.46. The van der Waals surface area contributed by atoms with Gasteiger partial charge in [-0.15, -0.1) is 5.10 Å². The number of nitrogens with one attached hydrogen (secondary N) is 1. The van der Waals surface area contributed by atoms with Gasteiger partial charge >= 0.3 is 0 Å². The van der Waals surface area contributed by atoms with Crippen molar-refractivity contribution in [3.8, 4) is 5.69 Å². The van der Waals surface area contributed by atoms with E-state index in [4.69, 9.17) is 0 Å². The first-order valence-electron chi connectivity index (χ1n) is 7.95. The topological polar surface area (TPSA) is 80.0 Å². The zero-order valence-electron chi connectivity index (χ0n) is 14.5. The Morgan fingerprint density at radius 3 is 2.77 bits per heavy atom. The second-order valence-electron chi connectivity index (χ2n) is 4.93. The standard InChI is InChI=1S/C16H12BrFN4O2.C2H6/c1-2-14(23)16(24)20-11-3-4-12(18)13(6-11)22-8-9-5-10(17)7-19-15(9)21-22;1-2/h2-8,23H,1H3,(H,20,24);1-2H3/b14-2-;. The predicted molar refractivity (Wildman–Crippen MR) is 103 cm³/mol. The highest BCUT2D eigenvalue weighted by atomic mass is 79.9. The van der Waals surface area contributed by atoms with Crippen molar-refractivity contribution in [2.24, 2.45) is 0 Å². The molecule has 2 N–H and O–H groups in total. The molecule has 2 aromatic heterocycles. The molecule has 0 saturated carbocycles. The third-order valence-corrected chi connectivity index (χ3v) is 3.72. The lowest BCUT2D eigenvalue weighted by molar-refractivity contribution is -0.115. The summed E-state index contributed by atoms with van der Waals surface area (Å²) in [5.74, 6) is -1.60. The monoisotopic (exact) mass is 420 g/mol. The largest absolute Gasteiger partial charge is 0.503 e. The van der Waals surface area contributed by atoms with E-state index in [9.17, 15) is 14.3 Å². The summed E-state index contributed by atoms with van der Waals surface area (Å²) in [6, 6.07) is 5.86. The number of hydrogen-bond acceptors (Lipinski definition) is 4. The van der Waals surface area contributed by atoms with E-state index in [0.29, 0.717) is 11.3 Å². The molecule has 1 aromatic carbocycles. The van der Waals surface area contributed by atoms with Crippen molar-refractivity contribution in [3.05, 3.63) is 58.8 Å². The molecule has 0 atom stereocenters. The number of fused-ring (bicyclic) bond motifs is 1. The number of carbonyl (C=O) groups excluding carboxylic acids is 1. The molecule has 1 amide bonds. The Labute approximate surface area is 158 Å². The van der Waals surface area contributed by atoms with Crippen LogP contribution in [0.1, 0.15) is 20.8 Å². The molecule has 3 rings (SSSR count). The van der Waals surface area contributed by atoms with Crippen molar-refractivity contribution in [1.29, 1.82) is 0 Å². The summed E-state index contributed by atoms with van der Waals surface area (Å²) in [7, 11) is 0. The van der Waals surface area contributed by atoms with Gasteiger partial charge < -0.3 is 10.4 Å². The van der Waals surface area contributed by atoms with Gasteiger partial charge in [0, 0.05) is 27.9 Å². The molecular weight excluding hydrogens is 403 g/mol. The predicted octanol–water partition coefficient (Wildman–Crippen LogP) is 4.75. The van der Waals surface area contributed by atoms with E-state index >= 15 is 0 Å². The van der Waals surface area contributed by atoms with E-state index in [2.05, 4.69) is 31.3 Å². The van der Waals surface area contributed by atoms with E-state index in [-0.39, 0.29) is 5.69 Å². The van der Waals surface area contributed by atoms with E-state index < -0.39 is 17.5 Å². The van der Waals surface area contributed by atoms with Gasteiger partial charge in [-0.1, -0.05) is 13.8 Å². The average molecular weight is 421 g/mol. The number of halogens is 2. The molecule has 0 fully saturated rings. The van der Waals surface area contributed by atoms with Gasteiger partial charge in [-0.2, -0.15) is 0 Å². The smallest absolute Gasteiger partial charge is 0.290 e. The zero-order valence-corrected chi connectivity index (χ0v) is 16.1. The molecule has 2 heterocycles. The molecule has 0 radical (unpaired) electrons. The lowest BCUT2D eigenvalue weighted by atomic mass is 10.2. The molecule has 0 aliphatic rings. The first-order valence-corrected chi connectivity index (χ1v) is 8.74. The third-order valence-electron chi connectivity index (χ3n) is 3.28. The van der Waals surface area contributed by atoms with Gasteiger partial charge in [-0.05, 0) is 53.2 Å². The van der Waals surface area contributed by atoms with E-state index in [1.165, 1.54) is 35.9 Å². The number of carbonyl (C=O) groups is 1. The molecule has 0 saturated heterocycles. The van der Waals surface area contributed by atoms with Crippen LogP contribution in [0.4, 0.5) is 10.1 Å². The Morgan fingerprint density at radius 1 is 1.35 bits per heavy atom. The molecule has 0 aliphatic heterocycles. The molecule has 136 valence electrons. The number of rotatable bonds is 3. The number of pyridine rings is 1. The van der Waals surface area contributed by atoms with Gasteiger partial charge in [0.1, 0.15) is 11.5 Å².